The van der Waals surface area contributed by atoms with Crippen LogP contribution in [0.1, 0.15) is 21.7 Å². The Bertz CT molecular complexity index is 373. The zero-order valence-corrected chi connectivity index (χ0v) is 13.1. The summed E-state index contributed by atoms with van der Waals surface area (Å²) in [7, 11) is 0. The third-order valence-corrected chi connectivity index (χ3v) is 2.22. The summed E-state index contributed by atoms with van der Waals surface area (Å²) in [5.41, 5.74) is 0. The molecule has 5 heteroatoms. The van der Waals surface area contributed by atoms with Gasteiger partial charge < -0.3 is 11.5 Å². The maximum absolute atomic E-state index is 11.8. The fourth-order valence-electron chi connectivity index (χ4n) is 1.46. The number of hydrogen-bond acceptors (Lipinski definition) is 3. The average Bonchev–Trinajstić information content (AvgIpc) is 2.29. The number of carbonyl (C=O) groups is 2. The van der Waals surface area contributed by atoms with E-state index < -0.39 is 12.0 Å². The van der Waals surface area contributed by atoms with Gasteiger partial charge in [-0.25, -0.2) is 4.79 Å². The molecule has 0 aliphatic rings. The Morgan fingerprint density at radius 1 is 1.39 bits per heavy atom. The first-order valence-electron chi connectivity index (χ1n) is 5.60. The van der Waals surface area contributed by atoms with Crippen LogP contribution in [-0.4, -0.2) is 18.4 Å². The predicted molar refractivity (Wildman–Crippen MR) is 65.6 cm³/mol. The van der Waals surface area contributed by atoms with Crippen LogP contribution in [0.4, 0.5) is 0 Å². The predicted octanol–water partition coefficient (Wildman–Crippen LogP) is -1.13. The van der Waals surface area contributed by atoms with E-state index in [4.69, 9.17) is 4.74 Å². The smallest absolute Gasteiger partial charge is 1.00 e. The average molecular weight is 259 g/mol. The van der Waals surface area contributed by atoms with Crippen LogP contribution in [0, 0.1) is 5.92 Å². The van der Waals surface area contributed by atoms with Crippen molar-refractivity contribution in [2.45, 2.75) is 26.3 Å². The van der Waals surface area contributed by atoms with Gasteiger partial charge in [-0.1, -0.05) is 32.0 Å². The first-order valence-corrected chi connectivity index (χ1v) is 5.60. The van der Waals surface area contributed by atoms with Crippen molar-refractivity contribution in [3.05, 3.63) is 30.3 Å². The van der Waals surface area contributed by atoms with E-state index in [2.05, 4.69) is 5.32 Å². The standard InChI is InChI=1S/C13H17NO3.Na.H/c1-10(2)8-12(14-9-15)13(16)17-11-6-4-3-5-7-11;;/h3-7,9-10,12H,8H2,1-2H3,(H,14,15);;/q;+1;-1/t12-;;/m0../s1. The molecule has 1 aromatic carbocycles. The summed E-state index contributed by atoms with van der Waals surface area (Å²) in [6, 6.07) is 8.22. The van der Waals surface area contributed by atoms with Crippen LogP contribution in [0.5, 0.6) is 5.75 Å². The van der Waals surface area contributed by atoms with Crippen molar-refractivity contribution in [3.8, 4) is 5.75 Å². The zero-order valence-electron chi connectivity index (χ0n) is 12.1. The van der Waals surface area contributed by atoms with Crippen molar-refractivity contribution in [1.29, 1.82) is 0 Å². The van der Waals surface area contributed by atoms with E-state index in [1.165, 1.54) is 0 Å². The van der Waals surface area contributed by atoms with Crippen molar-refractivity contribution in [2.24, 2.45) is 5.92 Å². The Hall–Kier alpha value is -0.840. The number of amides is 1. The number of hydrogen-bond donors (Lipinski definition) is 1. The molecular weight excluding hydrogens is 241 g/mol. The summed E-state index contributed by atoms with van der Waals surface area (Å²) in [6.45, 7) is 3.96. The quantitative estimate of drug-likeness (QED) is 0.304. The maximum Gasteiger partial charge on any atom is 1.00 e. The van der Waals surface area contributed by atoms with E-state index in [0.717, 1.165) is 0 Å². The van der Waals surface area contributed by atoms with Gasteiger partial charge in [-0.15, -0.1) is 0 Å². The Kier molecular flexibility index (Phi) is 8.71. The Morgan fingerprint density at radius 2 is 2.00 bits per heavy atom. The van der Waals surface area contributed by atoms with Crippen LogP contribution in [-0.2, 0) is 9.59 Å². The zero-order chi connectivity index (χ0) is 12.7. The monoisotopic (exact) mass is 259 g/mol. The normalized spacial score (nSPS) is 11.3. The first kappa shape index (κ1) is 17.2. The molecule has 0 aliphatic heterocycles. The van der Waals surface area contributed by atoms with Gasteiger partial charge in [0.05, 0.1) is 0 Å². The number of esters is 1. The number of para-hydroxylation sites is 1. The Morgan fingerprint density at radius 3 is 2.50 bits per heavy atom. The van der Waals surface area contributed by atoms with Crippen LogP contribution in [0.15, 0.2) is 30.3 Å². The van der Waals surface area contributed by atoms with Crippen LogP contribution in [0.25, 0.3) is 0 Å². The van der Waals surface area contributed by atoms with E-state index in [1.807, 2.05) is 19.9 Å². The molecule has 1 aromatic rings. The number of rotatable bonds is 6. The summed E-state index contributed by atoms with van der Waals surface area (Å²) < 4.78 is 5.17. The molecule has 1 rings (SSSR count). The molecule has 0 saturated carbocycles. The van der Waals surface area contributed by atoms with Gasteiger partial charge in [0.25, 0.3) is 0 Å². The summed E-state index contributed by atoms with van der Waals surface area (Å²) in [4.78, 5) is 22.2. The molecule has 0 spiro atoms. The molecule has 0 unspecified atom stereocenters. The van der Waals surface area contributed by atoms with Crippen molar-refractivity contribution in [3.63, 3.8) is 0 Å². The van der Waals surface area contributed by atoms with E-state index >= 15 is 0 Å². The van der Waals surface area contributed by atoms with Crippen LogP contribution < -0.4 is 39.6 Å². The van der Waals surface area contributed by atoms with Gasteiger partial charge in [0.1, 0.15) is 11.8 Å². The fourth-order valence-corrected chi connectivity index (χ4v) is 1.46. The molecule has 1 N–H and O–H groups in total. The van der Waals surface area contributed by atoms with Crippen LogP contribution in [0.2, 0.25) is 0 Å². The molecular formula is C13H18NNaO3. The van der Waals surface area contributed by atoms with E-state index in [0.29, 0.717) is 24.5 Å². The van der Waals surface area contributed by atoms with Gasteiger partial charge in [0.2, 0.25) is 6.41 Å². The maximum atomic E-state index is 11.8. The minimum atomic E-state index is -0.590. The van der Waals surface area contributed by atoms with Crippen LogP contribution >= 0.6 is 0 Å². The molecule has 18 heavy (non-hydrogen) atoms. The van der Waals surface area contributed by atoms with Gasteiger partial charge in [0, 0.05) is 0 Å². The number of nitrogens with one attached hydrogen (secondary N) is 1. The third kappa shape index (κ3) is 6.19. The van der Waals surface area contributed by atoms with Crippen molar-refractivity contribution >= 4 is 12.4 Å². The number of carbonyl (C=O) groups excluding carboxylic acids is 2. The third-order valence-electron chi connectivity index (χ3n) is 2.22. The second-order valence-electron chi connectivity index (χ2n) is 4.20. The van der Waals surface area contributed by atoms with Crippen molar-refractivity contribution < 1.29 is 45.3 Å². The van der Waals surface area contributed by atoms with Gasteiger partial charge in [0.15, 0.2) is 0 Å². The summed E-state index contributed by atoms with van der Waals surface area (Å²) in [5.74, 6) is 0.353. The minimum absolute atomic E-state index is 0. The molecule has 0 saturated heterocycles. The topological polar surface area (TPSA) is 55.4 Å². The molecule has 0 fully saturated rings. The molecule has 94 valence electrons. The fraction of sp³-hybridized carbons (Fsp3) is 0.385. The summed E-state index contributed by atoms with van der Waals surface area (Å²) in [6.07, 6.45) is 1.09. The first-order chi connectivity index (χ1) is 8.13. The van der Waals surface area contributed by atoms with Gasteiger partial charge in [-0.05, 0) is 24.5 Å². The molecule has 1 amide bonds. The molecule has 0 radical (unpaired) electrons. The molecule has 0 aliphatic carbocycles. The van der Waals surface area contributed by atoms with Crippen molar-refractivity contribution in [2.75, 3.05) is 0 Å². The summed E-state index contributed by atoms with van der Waals surface area (Å²) in [5, 5.41) is 2.48. The Balaban J connectivity index is 0. The number of benzene rings is 1. The molecule has 0 aromatic heterocycles. The van der Waals surface area contributed by atoms with E-state index in [-0.39, 0.29) is 31.0 Å². The van der Waals surface area contributed by atoms with Gasteiger partial charge in [-0.2, -0.15) is 0 Å². The molecule has 4 nitrogen and oxygen atoms in total. The Labute approximate surface area is 131 Å². The largest absolute Gasteiger partial charge is 1.00 e. The van der Waals surface area contributed by atoms with Gasteiger partial charge >= 0.3 is 35.5 Å². The second-order valence-corrected chi connectivity index (χ2v) is 4.20. The van der Waals surface area contributed by atoms with Crippen LogP contribution in [0.3, 0.4) is 0 Å². The molecule has 0 bridgehead atoms. The summed E-state index contributed by atoms with van der Waals surface area (Å²) >= 11 is 0. The van der Waals surface area contributed by atoms with Gasteiger partial charge in [-0.3, -0.25) is 4.79 Å². The minimum Gasteiger partial charge on any atom is -1.00 e. The molecule has 1 atom stereocenters. The second kappa shape index (κ2) is 9.14. The van der Waals surface area contributed by atoms with E-state index in [9.17, 15) is 9.59 Å². The van der Waals surface area contributed by atoms with E-state index in [1.54, 1.807) is 24.3 Å². The molecule has 0 heterocycles. The number of ether oxygens (including phenoxy) is 1. The van der Waals surface area contributed by atoms with Crippen molar-refractivity contribution in [1.82, 2.24) is 5.32 Å². The SMILES string of the molecule is CC(C)C[C@H](NC=O)C(=O)Oc1ccccc1.[H-].[Na+].